The lowest BCUT2D eigenvalue weighted by Gasteiger charge is -2.36. The largest absolute Gasteiger partial charge is 0.480 e. The molecule has 1 aliphatic heterocycles. The molecule has 1 aliphatic rings. The molecule has 1 heterocycles. The number of hydrogen-bond donors (Lipinski definition) is 1. The van der Waals surface area contributed by atoms with E-state index < -0.39 is 5.97 Å². The Morgan fingerprint density at radius 3 is 2.80 bits per heavy atom. The third-order valence-electron chi connectivity index (χ3n) is 1.62. The lowest BCUT2D eigenvalue weighted by atomic mass is 10.2. The van der Waals surface area contributed by atoms with Crippen molar-refractivity contribution in [3.8, 4) is 0 Å². The van der Waals surface area contributed by atoms with Crippen molar-refractivity contribution in [3.05, 3.63) is 0 Å². The molecule has 1 N–H and O–H groups in total. The average Bonchev–Trinajstić information content (AvgIpc) is 1.76. The minimum absolute atomic E-state index is 0.139. The third-order valence-corrected chi connectivity index (χ3v) is 1.62. The quantitative estimate of drug-likeness (QED) is 0.576. The van der Waals surface area contributed by atoms with Crippen LogP contribution in [0.15, 0.2) is 0 Å². The first-order valence-electron chi connectivity index (χ1n) is 3.19. The zero-order valence-electron chi connectivity index (χ0n) is 5.91. The molecule has 1 fully saturated rings. The third kappa shape index (κ3) is 1.68. The van der Waals surface area contributed by atoms with Crippen LogP contribution in [-0.4, -0.2) is 48.8 Å². The molecular weight excluding hydrogens is 134 g/mol. The Morgan fingerprint density at radius 1 is 1.80 bits per heavy atom. The highest BCUT2D eigenvalue weighted by Crippen LogP contribution is 2.08. The second-order valence-electron chi connectivity index (χ2n) is 2.45. The van der Waals surface area contributed by atoms with E-state index >= 15 is 0 Å². The van der Waals surface area contributed by atoms with E-state index in [9.17, 15) is 4.79 Å². The number of rotatable bonds is 3. The van der Waals surface area contributed by atoms with Gasteiger partial charge in [-0.25, -0.2) is 0 Å². The normalized spacial score (nSPS) is 20.5. The van der Waals surface area contributed by atoms with Crippen LogP contribution in [-0.2, 0) is 9.53 Å². The fraction of sp³-hybridized carbons (Fsp3) is 0.833. The van der Waals surface area contributed by atoms with Crippen LogP contribution in [0.5, 0.6) is 0 Å². The smallest absolute Gasteiger partial charge is 0.317 e. The number of carboxylic acids is 1. The summed E-state index contributed by atoms with van der Waals surface area (Å²) in [5.74, 6) is -0.769. The molecule has 0 aromatic rings. The van der Waals surface area contributed by atoms with E-state index in [4.69, 9.17) is 9.84 Å². The molecule has 0 bridgehead atoms. The molecule has 1 rings (SSSR count). The van der Waals surface area contributed by atoms with Crippen LogP contribution >= 0.6 is 0 Å². The summed E-state index contributed by atoms with van der Waals surface area (Å²) in [5.41, 5.74) is 0. The van der Waals surface area contributed by atoms with Crippen molar-refractivity contribution in [2.45, 2.75) is 6.10 Å². The zero-order valence-corrected chi connectivity index (χ0v) is 5.91. The average molecular weight is 145 g/mol. The van der Waals surface area contributed by atoms with Gasteiger partial charge >= 0.3 is 5.97 Å². The van der Waals surface area contributed by atoms with Crippen molar-refractivity contribution in [2.75, 3.05) is 26.7 Å². The Morgan fingerprint density at radius 2 is 2.40 bits per heavy atom. The Labute approximate surface area is 59.4 Å². The number of carboxylic acid groups (broad SMARTS) is 1. The fourth-order valence-corrected chi connectivity index (χ4v) is 0.992. The maximum absolute atomic E-state index is 10.1. The van der Waals surface area contributed by atoms with E-state index in [0.717, 1.165) is 13.1 Å². The molecule has 0 saturated carbocycles. The number of nitrogens with zero attached hydrogens (tertiary/aromatic N) is 1. The molecule has 0 unspecified atom stereocenters. The van der Waals surface area contributed by atoms with E-state index in [0.29, 0.717) is 0 Å². The van der Waals surface area contributed by atoms with Gasteiger partial charge in [0, 0.05) is 20.2 Å². The monoisotopic (exact) mass is 145 g/mol. The van der Waals surface area contributed by atoms with Crippen molar-refractivity contribution in [2.24, 2.45) is 0 Å². The molecule has 0 spiro atoms. The fourth-order valence-electron chi connectivity index (χ4n) is 0.992. The van der Waals surface area contributed by atoms with Gasteiger partial charge in [-0.15, -0.1) is 0 Å². The summed E-state index contributed by atoms with van der Waals surface area (Å²) in [6.45, 7) is 1.64. The second kappa shape index (κ2) is 2.98. The summed E-state index contributed by atoms with van der Waals surface area (Å²) in [7, 11) is 1.64. The minimum Gasteiger partial charge on any atom is -0.480 e. The van der Waals surface area contributed by atoms with Gasteiger partial charge in [0.05, 0.1) is 12.6 Å². The summed E-state index contributed by atoms with van der Waals surface area (Å²) in [4.78, 5) is 11.9. The van der Waals surface area contributed by atoms with Gasteiger partial charge in [-0.2, -0.15) is 0 Å². The molecule has 0 radical (unpaired) electrons. The first kappa shape index (κ1) is 7.50. The lowest BCUT2D eigenvalue weighted by molar-refractivity contribution is -0.141. The Hall–Kier alpha value is -0.610. The van der Waals surface area contributed by atoms with Crippen molar-refractivity contribution in [1.29, 1.82) is 0 Å². The van der Waals surface area contributed by atoms with Crippen molar-refractivity contribution in [1.82, 2.24) is 4.90 Å². The van der Waals surface area contributed by atoms with Crippen LogP contribution in [0.25, 0.3) is 0 Å². The topological polar surface area (TPSA) is 49.8 Å². The maximum Gasteiger partial charge on any atom is 0.317 e. The van der Waals surface area contributed by atoms with Gasteiger partial charge in [0.1, 0.15) is 0 Å². The summed E-state index contributed by atoms with van der Waals surface area (Å²) >= 11 is 0. The van der Waals surface area contributed by atoms with Crippen LogP contribution in [0, 0.1) is 0 Å². The van der Waals surface area contributed by atoms with Crippen LogP contribution in [0.4, 0.5) is 0 Å². The van der Waals surface area contributed by atoms with E-state index in [2.05, 4.69) is 0 Å². The van der Waals surface area contributed by atoms with E-state index in [1.165, 1.54) is 0 Å². The van der Waals surface area contributed by atoms with Crippen LogP contribution < -0.4 is 0 Å². The number of methoxy groups -OCH3 is 1. The van der Waals surface area contributed by atoms with Crippen molar-refractivity contribution < 1.29 is 14.6 Å². The summed E-state index contributed by atoms with van der Waals surface area (Å²) in [6.07, 6.45) is 0.249. The zero-order chi connectivity index (χ0) is 7.56. The number of likely N-dealkylation sites (tertiary alicyclic amines) is 1. The predicted octanol–water partition coefficient (Wildman–Crippen LogP) is -0.598. The number of hydrogen-bond acceptors (Lipinski definition) is 3. The van der Waals surface area contributed by atoms with Crippen LogP contribution in [0.3, 0.4) is 0 Å². The molecule has 58 valence electrons. The molecular formula is C6H11NO3. The summed E-state index contributed by atoms with van der Waals surface area (Å²) < 4.78 is 4.96. The van der Waals surface area contributed by atoms with Gasteiger partial charge < -0.3 is 9.84 Å². The SMILES string of the molecule is COC1CN(CC(=O)O)C1. The van der Waals surface area contributed by atoms with Gasteiger partial charge in [-0.1, -0.05) is 0 Å². The predicted molar refractivity (Wildman–Crippen MR) is 34.9 cm³/mol. The molecule has 0 aromatic heterocycles. The van der Waals surface area contributed by atoms with Gasteiger partial charge in [0.25, 0.3) is 0 Å². The molecule has 4 nitrogen and oxygen atoms in total. The molecule has 4 heteroatoms. The van der Waals surface area contributed by atoms with Crippen LogP contribution in [0.2, 0.25) is 0 Å². The molecule has 10 heavy (non-hydrogen) atoms. The molecule has 1 saturated heterocycles. The van der Waals surface area contributed by atoms with Crippen LogP contribution in [0.1, 0.15) is 0 Å². The standard InChI is InChI=1S/C6H11NO3/c1-10-5-2-7(3-5)4-6(8)9/h5H,2-4H2,1H3,(H,8,9). The minimum atomic E-state index is -0.769. The summed E-state index contributed by atoms with van der Waals surface area (Å²) in [5, 5.41) is 8.33. The lowest BCUT2D eigenvalue weighted by Crippen LogP contribution is -2.53. The van der Waals surface area contributed by atoms with Gasteiger partial charge in [-0.3, -0.25) is 9.69 Å². The number of carbonyl (C=O) groups is 1. The highest BCUT2D eigenvalue weighted by atomic mass is 16.5. The number of aliphatic carboxylic acids is 1. The van der Waals surface area contributed by atoms with E-state index in [-0.39, 0.29) is 12.6 Å². The number of ether oxygens (including phenoxy) is 1. The van der Waals surface area contributed by atoms with Gasteiger partial charge in [0.2, 0.25) is 0 Å². The molecule has 0 aliphatic carbocycles. The Balaban J connectivity index is 2.08. The Kier molecular flexibility index (Phi) is 2.24. The maximum atomic E-state index is 10.1. The highest BCUT2D eigenvalue weighted by Gasteiger charge is 2.27. The molecule has 0 atom stereocenters. The van der Waals surface area contributed by atoms with E-state index in [1.807, 2.05) is 4.90 Å². The first-order chi connectivity index (χ1) is 4.72. The van der Waals surface area contributed by atoms with Crippen molar-refractivity contribution in [3.63, 3.8) is 0 Å². The van der Waals surface area contributed by atoms with Gasteiger partial charge in [-0.05, 0) is 0 Å². The highest BCUT2D eigenvalue weighted by molar-refractivity contribution is 5.69. The summed E-state index contributed by atoms with van der Waals surface area (Å²) in [6, 6.07) is 0. The van der Waals surface area contributed by atoms with Gasteiger partial charge in [0.15, 0.2) is 0 Å². The van der Waals surface area contributed by atoms with E-state index in [1.54, 1.807) is 7.11 Å². The molecule has 0 aromatic carbocycles. The first-order valence-corrected chi connectivity index (χ1v) is 3.19. The second-order valence-corrected chi connectivity index (χ2v) is 2.45. The Bertz CT molecular complexity index is 131. The van der Waals surface area contributed by atoms with Crippen molar-refractivity contribution >= 4 is 5.97 Å². The molecule has 0 amide bonds.